The topological polar surface area (TPSA) is 53.0 Å². The predicted octanol–water partition coefficient (Wildman–Crippen LogP) is 3.99. The highest BCUT2D eigenvalue weighted by Crippen LogP contribution is 2.31. The number of nitrogens with two attached hydrogens (primary N) is 1. The van der Waals surface area contributed by atoms with E-state index in [-0.39, 0.29) is 6.04 Å². The van der Waals surface area contributed by atoms with E-state index in [2.05, 4.69) is 13.0 Å². The Morgan fingerprint density at radius 3 is 2.60 bits per heavy atom. The number of hydrogen-bond donors (Lipinski definition) is 1. The van der Waals surface area contributed by atoms with Crippen LogP contribution < -0.4 is 10.6 Å². The smallest absolute Gasteiger partial charge is 0.103 e. The molecule has 0 aliphatic heterocycles. The molecule has 0 radical (unpaired) electrons. The summed E-state index contributed by atoms with van der Waals surface area (Å²) in [5.41, 5.74) is 8.96. The molecule has 2 rings (SSSR count). The van der Waals surface area contributed by atoms with Crippen molar-refractivity contribution < 1.29 is 0 Å². The Labute approximate surface area is 124 Å². The van der Waals surface area contributed by atoms with Gasteiger partial charge in [0.05, 0.1) is 22.3 Å². The zero-order valence-electron chi connectivity index (χ0n) is 11.5. The first-order valence-electron chi connectivity index (χ1n) is 6.31. The minimum Gasteiger partial charge on any atom is -0.399 e. The molecule has 1 unspecified atom stereocenters. The monoisotopic (exact) mass is 285 g/mol. The lowest BCUT2D eigenvalue weighted by Crippen LogP contribution is -2.22. The van der Waals surface area contributed by atoms with Gasteiger partial charge in [0.2, 0.25) is 0 Å². The molecule has 2 aromatic carbocycles. The van der Waals surface area contributed by atoms with E-state index in [0.29, 0.717) is 10.6 Å². The number of nitrogens with zero attached hydrogens (tertiary/aromatic N) is 2. The number of hydrogen-bond acceptors (Lipinski definition) is 3. The van der Waals surface area contributed by atoms with Gasteiger partial charge in [-0.3, -0.25) is 0 Å². The SMILES string of the molecule is CC(c1cccc(N)c1)N(C)c1cccc(Cl)c1C#N. The molecule has 0 heterocycles. The van der Waals surface area contributed by atoms with Gasteiger partial charge >= 0.3 is 0 Å². The molecule has 2 N–H and O–H groups in total. The van der Waals surface area contributed by atoms with Crippen molar-refractivity contribution in [2.75, 3.05) is 17.7 Å². The van der Waals surface area contributed by atoms with Crippen LogP contribution in [0.1, 0.15) is 24.1 Å². The van der Waals surface area contributed by atoms with E-state index >= 15 is 0 Å². The summed E-state index contributed by atoms with van der Waals surface area (Å²) in [4.78, 5) is 2.03. The summed E-state index contributed by atoms with van der Waals surface area (Å²) in [7, 11) is 1.94. The Bertz CT molecular complexity index is 661. The van der Waals surface area contributed by atoms with E-state index < -0.39 is 0 Å². The molecule has 102 valence electrons. The molecule has 0 saturated carbocycles. The Morgan fingerprint density at radius 2 is 1.95 bits per heavy atom. The van der Waals surface area contributed by atoms with E-state index in [0.717, 1.165) is 16.9 Å². The summed E-state index contributed by atoms with van der Waals surface area (Å²) in [5, 5.41) is 9.73. The van der Waals surface area contributed by atoms with Crippen LogP contribution in [0.15, 0.2) is 42.5 Å². The molecule has 0 saturated heterocycles. The first kappa shape index (κ1) is 14.2. The maximum Gasteiger partial charge on any atom is 0.103 e. The van der Waals surface area contributed by atoms with Crippen LogP contribution in [0.3, 0.4) is 0 Å². The average molecular weight is 286 g/mol. The van der Waals surface area contributed by atoms with Gasteiger partial charge in [-0.05, 0) is 36.8 Å². The van der Waals surface area contributed by atoms with Gasteiger partial charge in [-0.25, -0.2) is 0 Å². The van der Waals surface area contributed by atoms with Crippen molar-refractivity contribution in [3.05, 3.63) is 58.6 Å². The lowest BCUT2D eigenvalue weighted by Gasteiger charge is -2.28. The first-order valence-corrected chi connectivity index (χ1v) is 6.69. The van der Waals surface area contributed by atoms with Gasteiger partial charge in [0, 0.05) is 12.7 Å². The number of anilines is 2. The van der Waals surface area contributed by atoms with Crippen molar-refractivity contribution in [1.82, 2.24) is 0 Å². The molecule has 0 bridgehead atoms. The van der Waals surface area contributed by atoms with Crippen LogP contribution in [-0.2, 0) is 0 Å². The molecule has 0 aromatic heterocycles. The third-order valence-corrected chi connectivity index (χ3v) is 3.77. The van der Waals surface area contributed by atoms with Crippen LogP contribution in [0, 0.1) is 11.3 Å². The van der Waals surface area contributed by atoms with Crippen molar-refractivity contribution in [2.45, 2.75) is 13.0 Å². The zero-order valence-corrected chi connectivity index (χ0v) is 12.2. The molecular weight excluding hydrogens is 270 g/mol. The lowest BCUT2D eigenvalue weighted by molar-refractivity contribution is 0.739. The fraction of sp³-hybridized carbons (Fsp3) is 0.188. The summed E-state index contributed by atoms with van der Waals surface area (Å²) in [6.45, 7) is 2.07. The second-order valence-corrected chi connectivity index (χ2v) is 5.11. The first-order chi connectivity index (χ1) is 9.54. The number of halogens is 1. The van der Waals surface area contributed by atoms with Crippen LogP contribution >= 0.6 is 11.6 Å². The molecular formula is C16H16ClN3. The van der Waals surface area contributed by atoms with Gasteiger partial charge < -0.3 is 10.6 Å². The quantitative estimate of drug-likeness (QED) is 0.868. The van der Waals surface area contributed by atoms with E-state index in [9.17, 15) is 5.26 Å². The van der Waals surface area contributed by atoms with Gasteiger partial charge in [-0.1, -0.05) is 29.8 Å². The van der Waals surface area contributed by atoms with Crippen LogP contribution in [0.25, 0.3) is 0 Å². The van der Waals surface area contributed by atoms with Gasteiger partial charge in [0.15, 0.2) is 0 Å². The third kappa shape index (κ3) is 2.71. The average Bonchev–Trinajstić information content (AvgIpc) is 2.45. The van der Waals surface area contributed by atoms with E-state index in [4.69, 9.17) is 17.3 Å². The maximum atomic E-state index is 9.26. The molecule has 0 fully saturated rings. The highest BCUT2D eigenvalue weighted by molar-refractivity contribution is 6.32. The summed E-state index contributed by atoms with van der Waals surface area (Å²) < 4.78 is 0. The normalized spacial score (nSPS) is 11.7. The Balaban J connectivity index is 2.39. The van der Waals surface area contributed by atoms with Crippen LogP contribution in [-0.4, -0.2) is 7.05 Å². The van der Waals surface area contributed by atoms with Crippen molar-refractivity contribution in [3.8, 4) is 6.07 Å². The molecule has 20 heavy (non-hydrogen) atoms. The van der Waals surface area contributed by atoms with Crippen molar-refractivity contribution >= 4 is 23.0 Å². The molecule has 4 heteroatoms. The standard InChI is InChI=1S/C16H16ClN3/c1-11(12-5-3-6-13(19)9-12)20(2)16-8-4-7-15(17)14(16)10-18/h3-9,11H,19H2,1-2H3. The summed E-state index contributed by atoms with van der Waals surface area (Å²) in [5.74, 6) is 0. The van der Waals surface area contributed by atoms with E-state index in [1.807, 2.05) is 48.3 Å². The molecule has 2 aromatic rings. The van der Waals surface area contributed by atoms with Crippen molar-refractivity contribution in [2.24, 2.45) is 0 Å². The largest absolute Gasteiger partial charge is 0.399 e. The third-order valence-electron chi connectivity index (χ3n) is 3.46. The fourth-order valence-corrected chi connectivity index (χ4v) is 2.38. The molecule has 0 aliphatic rings. The molecule has 0 spiro atoms. The van der Waals surface area contributed by atoms with E-state index in [1.54, 1.807) is 6.07 Å². The number of benzene rings is 2. The predicted molar refractivity (Wildman–Crippen MR) is 83.8 cm³/mol. The second kappa shape index (κ2) is 5.85. The molecule has 0 amide bonds. The van der Waals surface area contributed by atoms with Crippen LogP contribution in [0.2, 0.25) is 5.02 Å². The highest BCUT2D eigenvalue weighted by atomic mass is 35.5. The Hall–Kier alpha value is -2.18. The molecule has 0 aliphatic carbocycles. The van der Waals surface area contributed by atoms with Crippen molar-refractivity contribution in [1.29, 1.82) is 5.26 Å². The summed E-state index contributed by atoms with van der Waals surface area (Å²) in [6.07, 6.45) is 0. The van der Waals surface area contributed by atoms with E-state index in [1.165, 1.54) is 0 Å². The fourth-order valence-electron chi connectivity index (χ4n) is 2.17. The Kier molecular flexibility index (Phi) is 4.16. The van der Waals surface area contributed by atoms with Gasteiger partial charge in [0.1, 0.15) is 6.07 Å². The summed E-state index contributed by atoms with van der Waals surface area (Å²) >= 11 is 6.08. The van der Waals surface area contributed by atoms with Gasteiger partial charge in [-0.2, -0.15) is 5.26 Å². The van der Waals surface area contributed by atoms with Crippen molar-refractivity contribution in [3.63, 3.8) is 0 Å². The number of nitriles is 1. The number of nitrogen functional groups attached to an aromatic ring is 1. The minimum atomic E-state index is 0.0871. The minimum absolute atomic E-state index is 0.0871. The zero-order chi connectivity index (χ0) is 14.7. The lowest BCUT2D eigenvalue weighted by atomic mass is 10.0. The van der Waals surface area contributed by atoms with Crippen LogP contribution in [0.4, 0.5) is 11.4 Å². The second-order valence-electron chi connectivity index (χ2n) is 4.70. The summed E-state index contributed by atoms with van der Waals surface area (Å²) in [6, 6.07) is 15.5. The molecule has 1 atom stereocenters. The Morgan fingerprint density at radius 1 is 1.25 bits per heavy atom. The van der Waals surface area contributed by atoms with Gasteiger partial charge in [0.25, 0.3) is 0 Å². The highest BCUT2D eigenvalue weighted by Gasteiger charge is 2.17. The van der Waals surface area contributed by atoms with Crippen LogP contribution in [0.5, 0.6) is 0 Å². The maximum absolute atomic E-state index is 9.26. The van der Waals surface area contributed by atoms with Gasteiger partial charge in [-0.15, -0.1) is 0 Å². The number of rotatable bonds is 3. The molecule has 3 nitrogen and oxygen atoms in total.